The van der Waals surface area contributed by atoms with Crippen molar-refractivity contribution in [1.29, 1.82) is 0 Å². The molecule has 5 rings (SSSR count). The van der Waals surface area contributed by atoms with Crippen molar-refractivity contribution >= 4 is 23.3 Å². The van der Waals surface area contributed by atoms with E-state index < -0.39 is 29.3 Å². The maximum absolute atomic E-state index is 13.6. The second kappa shape index (κ2) is 10.6. The maximum atomic E-state index is 13.6. The smallest absolute Gasteiger partial charge is 0.410 e. The molecule has 0 bridgehead atoms. The van der Waals surface area contributed by atoms with Gasteiger partial charge < -0.3 is 28.7 Å². The van der Waals surface area contributed by atoms with Crippen molar-refractivity contribution in [1.82, 2.24) is 18.9 Å². The summed E-state index contributed by atoms with van der Waals surface area (Å²) in [6.07, 6.45) is 5.30. The number of amides is 2. The van der Waals surface area contributed by atoms with E-state index in [4.69, 9.17) is 14.5 Å². The van der Waals surface area contributed by atoms with Crippen LogP contribution in [0.15, 0.2) is 41.6 Å². The minimum atomic E-state index is -1.04. The zero-order valence-corrected chi connectivity index (χ0v) is 23.5. The van der Waals surface area contributed by atoms with E-state index in [9.17, 15) is 18.8 Å². The number of carbonyl (C=O) groups is 2. The van der Waals surface area contributed by atoms with Gasteiger partial charge in [0.05, 0.1) is 23.4 Å². The molecule has 0 spiro atoms. The summed E-state index contributed by atoms with van der Waals surface area (Å²) >= 11 is 0. The zero-order chi connectivity index (χ0) is 28.8. The van der Waals surface area contributed by atoms with Gasteiger partial charge in [-0.3, -0.25) is 9.59 Å². The van der Waals surface area contributed by atoms with Gasteiger partial charge in [0, 0.05) is 50.1 Å². The molecular weight excluding hydrogens is 517 g/mol. The lowest BCUT2D eigenvalue weighted by molar-refractivity contribution is 0.0204. The maximum Gasteiger partial charge on any atom is 0.410 e. The normalized spacial score (nSPS) is 19.6. The summed E-state index contributed by atoms with van der Waals surface area (Å²) in [4.78, 5) is 45.2. The van der Waals surface area contributed by atoms with Crippen LogP contribution in [0.3, 0.4) is 0 Å². The van der Waals surface area contributed by atoms with Gasteiger partial charge in [-0.25, -0.2) is 14.2 Å². The van der Waals surface area contributed by atoms with Crippen molar-refractivity contribution in [3.8, 4) is 5.75 Å². The topological polar surface area (TPSA) is 107 Å². The number of halogens is 1. The first kappa shape index (κ1) is 27.7. The average Bonchev–Trinajstić information content (AvgIpc) is 3.45. The Balaban J connectivity index is 1.36. The molecule has 2 amide bonds. The third kappa shape index (κ3) is 5.97. The number of imidazole rings is 1. The van der Waals surface area contributed by atoms with Crippen LogP contribution in [0.25, 0.3) is 5.65 Å². The van der Waals surface area contributed by atoms with Gasteiger partial charge in [-0.1, -0.05) is 0 Å². The van der Waals surface area contributed by atoms with Crippen molar-refractivity contribution in [2.24, 2.45) is 0 Å². The van der Waals surface area contributed by atoms with E-state index in [1.807, 2.05) is 40.8 Å². The molecule has 40 heavy (non-hydrogen) atoms. The summed E-state index contributed by atoms with van der Waals surface area (Å²) in [5, 5.41) is 2.69. The number of fused-ring (bicyclic) bond motifs is 1. The van der Waals surface area contributed by atoms with E-state index in [-0.39, 0.29) is 29.4 Å². The molecule has 2 atom stereocenters. The molecule has 2 fully saturated rings. The lowest BCUT2D eigenvalue weighted by atomic mass is 9.94. The Bertz CT molecular complexity index is 1480. The van der Waals surface area contributed by atoms with Gasteiger partial charge in [-0.05, 0) is 59.6 Å². The first-order chi connectivity index (χ1) is 18.9. The van der Waals surface area contributed by atoms with Crippen molar-refractivity contribution in [2.75, 3.05) is 18.4 Å². The number of carbonyl (C=O) groups excluding carboxylic acids is 2. The van der Waals surface area contributed by atoms with Crippen LogP contribution in [0.1, 0.15) is 81.9 Å². The number of nitrogens with one attached hydrogen (secondary N) is 1. The Morgan fingerprint density at radius 3 is 2.50 bits per heavy atom. The molecule has 0 radical (unpaired) electrons. The largest absolute Gasteiger partial charge is 0.490 e. The molecule has 11 heteroatoms. The standard InChI is InChI=1S/C29H36FN5O5/c1-17(2)39-24-14-25-31-22(18-8-11-33(12-9-18)28(38)40-29(3,4)5)16-34(25)15-19(24)26(36)32-21-7-6-10-35(27(21)37)23-13-20(23)30/h6-7,10,14-18,20,23H,8-9,11-13H2,1-5H3,(H,32,36)/t20-,23+/m1/s1. The Kier molecular flexibility index (Phi) is 7.32. The van der Waals surface area contributed by atoms with Gasteiger partial charge >= 0.3 is 6.09 Å². The van der Waals surface area contributed by atoms with Crippen molar-refractivity contribution in [3.05, 3.63) is 58.4 Å². The second-order valence-corrected chi connectivity index (χ2v) is 11.8. The van der Waals surface area contributed by atoms with E-state index in [0.29, 0.717) is 30.9 Å². The molecule has 3 aromatic rings. The molecule has 1 saturated heterocycles. The van der Waals surface area contributed by atoms with Gasteiger partial charge in [0.25, 0.3) is 11.5 Å². The number of rotatable bonds is 6. The van der Waals surface area contributed by atoms with Crippen LogP contribution in [0.4, 0.5) is 14.9 Å². The molecule has 1 aliphatic carbocycles. The van der Waals surface area contributed by atoms with Crippen molar-refractivity contribution < 1.29 is 23.5 Å². The highest BCUT2D eigenvalue weighted by atomic mass is 19.1. The van der Waals surface area contributed by atoms with Crippen molar-refractivity contribution in [2.45, 2.75) is 83.7 Å². The third-order valence-corrected chi connectivity index (χ3v) is 7.01. The van der Waals surface area contributed by atoms with E-state index in [2.05, 4.69) is 5.32 Å². The Morgan fingerprint density at radius 1 is 1.18 bits per heavy atom. The van der Waals surface area contributed by atoms with Crippen LogP contribution in [-0.4, -0.2) is 61.8 Å². The van der Waals surface area contributed by atoms with E-state index in [1.165, 1.54) is 16.8 Å². The van der Waals surface area contributed by atoms with E-state index >= 15 is 0 Å². The van der Waals surface area contributed by atoms with Gasteiger partial charge in [0.15, 0.2) is 0 Å². The molecule has 1 aliphatic heterocycles. The summed E-state index contributed by atoms with van der Waals surface area (Å²) in [7, 11) is 0. The Morgan fingerprint density at radius 2 is 1.88 bits per heavy atom. The number of pyridine rings is 2. The summed E-state index contributed by atoms with van der Waals surface area (Å²) < 4.78 is 28.1. The van der Waals surface area contributed by atoms with Crippen molar-refractivity contribution in [3.63, 3.8) is 0 Å². The molecule has 4 heterocycles. The molecule has 3 aromatic heterocycles. The molecule has 10 nitrogen and oxygen atoms in total. The molecule has 1 saturated carbocycles. The fraction of sp³-hybridized carbons (Fsp3) is 0.517. The quantitative estimate of drug-likeness (QED) is 0.464. The van der Waals surface area contributed by atoms with Crippen LogP contribution >= 0.6 is 0 Å². The van der Waals surface area contributed by atoms with Gasteiger partial charge in [-0.15, -0.1) is 0 Å². The number of alkyl halides is 1. The summed E-state index contributed by atoms with van der Waals surface area (Å²) in [5.41, 5.74) is 0.825. The lowest BCUT2D eigenvalue weighted by Gasteiger charge is -2.32. The van der Waals surface area contributed by atoms with Crippen LogP contribution < -0.4 is 15.6 Å². The number of hydrogen-bond donors (Lipinski definition) is 1. The van der Waals surface area contributed by atoms with Gasteiger partial charge in [0.1, 0.15) is 28.9 Å². The minimum Gasteiger partial charge on any atom is -0.490 e. The number of aromatic nitrogens is 3. The monoisotopic (exact) mass is 553 g/mol. The fourth-order valence-corrected chi connectivity index (χ4v) is 4.93. The Labute approximate surface area is 232 Å². The molecule has 2 aliphatic rings. The first-order valence-corrected chi connectivity index (χ1v) is 13.7. The molecule has 1 N–H and O–H groups in total. The minimum absolute atomic E-state index is 0.0743. The highest BCUT2D eigenvalue weighted by Gasteiger charge is 2.40. The molecular formula is C29H36FN5O5. The van der Waals surface area contributed by atoms with Crippen LogP contribution in [0.2, 0.25) is 0 Å². The SMILES string of the molecule is CC(C)Oc1cc2nc(C3CCN(C(=O)OC(C)(C)C)CC3)cn2cc1C(=O)Nc1cccn([C@H]2C[C@H]2F)c1=O. The van der Waals surface area contributed by atoms with E-state index in [0.717, 1.165) is 18.5 Å². The fourth-order valence-electron chi connectivity index (χ4n) is 4.93. The summed E-state index contributed by atoms with van der Waals surface area (Å²) in [5.74, 6) is -0.0186. The number of anilines is 1. The average molecular weight is 554 g/mol. The molecule has 214 valence electrons. The highest BCUT2D eigenvalue weighted by molar-refractivity contribution is 6.06. The molecule has 0 unspecified atom stereocenters. The number of likely N-dealkylation sites (tertiary alicyclic amines) is 1. The highest BCUT2D eigenvalue weighted by Crippen LogP contribution is 2.38. The van der Waals surface area contributed by atoms with E-state index in [1.54, 1.807) is 27.6 Å². The number of hydrogen-bond acceptors (Lipinski definition) is 6. The second-order valence-electron chi connectivity index (χ2n) is 11.8. The summed E-state index contributed by atoms with van der Waals surface area (Å²) in [6, 6.07) is 4.36. The van der Waals surface area contributed by atoms with Gasteiger partial charge in [0.2, 0.25) is 0 Å². The third-order valence-electron chi connectivity index (χ3n) is 7.01. The van der Waals surface area contributed by atoms with Crippen LogP contribution in [0, 0.1) is 0 Å². The van der Waals surface area contributed by atoms with Gasteiger partial charge in [-0.2, -0.15) is 0 Å². The van der Waals surface area contributed by atoms with Crippen LogP contribution in [0.5, 0.6) is 5.75 Å². The summed E-state index contributed by atoms with van der Waals surface area (Å²) in [6.45, 7) is 10.4. The predicted molar refractivity (Wildman–Crippen MR) is 148 cm³/mol. The molecule has 0 aromatic carbocycles. The van der Waals surface area contributed by atoms with Crippen LogP contribution in [-0.2, 0) is 4.74 Å². The first-order valence-electron chi connectivity index (χ1n) is 13.7. The number of nitrogens with zero attached hydrogens (tertiary/aromatic N) is 4. The Hall–Kier alpha value is -3.89. The zero-order valence-electron chi connectivity index (χ0n) is 23.5. The number of piperidine rings is 1. The number of ether oxygens (including phenoxy) is 2. The predicted octanol–water partition coefficient (Wildman–Crippen LogP) is 4.93. The lowest BCUT2D eigenvalue weighted by Crippen LogP contribution is -2.41.